The van der Waals surface area contributed by atoms with Gasteiger partial charge < -0.3 is 10.4 Å². The van der Waals surface area contributed by atoms with Crippen LogP contribution in [-0.2, 0) is 16.0 Å². The van der Waals surface area contributed by atoms with Crippen LogP contribution in [0.2, 0.25) is 0 Å². The Morgan fingerprint density at radius 3 is 2.68 bits per heavy atom. The van der Waals surface area contributed by atoms with Crippen molar-refractivity contribution in [3.05, 3.63) is 35.4 Å². The van der Waals surface area contributed by atoms with Crippen LogP contribution >= 0.6 is 0 Å². The van der Waals surface area contributed by atoms with Crippen LogP contribution in [0.25, 0.3) is 0 Å². The van der Waals surface area contributed by atoms with Gasteiger partial charge in [-0.15, -0.1) is 0 Å². The summed E-state index contributed by atoms with van der Waals surface area (Å²) in [6.45, 7) is 3.95. The van der Waals surface area contributed by atoms with Gasteiger partial charge in [-0.1, -0.05) is 49.6 Å². The molecule has 0 saturated heterocycles. The molecule has 0 saturated carbocycles. The van der Waals surface area contributed by atoms with E-state index in [1.54, 1.807) is 0 Å². The highest BCUT2D eigenvalue weighted by atomic mass is 16.4. The van der Waals surface area contributed by atoms with Crippen LogP contribution in [0.4, 0.5) is 0 Å². The fraction of sp³-hybridized carbons (Fsp3) is 0.467. The van der Waals surface area contributed by atoms with E-state index in [1.165, 1.54) is 0 Å². The molecule has 19 heavy (non-hydrogen) atoms. The minimum atomic E-state index is -0.967. The minimum absolute atomic E-state index is 0.220. The monoisotopic (exact) mass is 263 g/mol. The van der Waals surface area contributed by atoms with Crippen molar-refractivity contribution >= 4 is 11.9 Å². The summed E-state index contributed by atoms with van der Waals surface area (Å²) in [5.74, 6) is -1.21. The third-order valence-electron chi connectivity index (χ3n) is 2.93. The van der Waals surface area contributed by atoms with Crippen LogP contribution in [0.1, 0.15) is 37.3 Å². The fourth-order valence-electron chi connectivity index (χ4n) is 1.92. The maximum Gasteiger partial charge on any atom is 0.326 e. The van der Waals surface area contributed by atoms with E-state index in [0.29, 0.717) is 6.42 Å². The predicted molar refractivity (Wildman–Crippen MR) is 74.0 cm³/mol. The molecule has 0 aliphatic heterocycles. The highest BCUT2D eigenvalue weighted by Gasteiger charge is 2.19. The minimum Gasteiger partial charge on any atom is -0.480 e. The number of carbonyl (C=O) groups is 2. The van der Waals surface area contributed by atoms with Crippen molar-refractivity contribution in [1.82, 2.24) is 5.32 Å². The Morgan fingerprint density at radius 1 is 1.37 bits per heavy atom. The number of carbonyl (C=O) groups excluding carboxylic acids is 1. The Labute approximate surface area is 113 Å². The van der Waals surface area contributed by atoms with Gasteiger partial charge in [0.25, 0.3) is 0 Å². The average Bonchev–Trinajstić information content (AvgIpc) is 2.34. The Bertz CT molecular complexity index is 443. The van der Waals surface area contributed by atoms with Gasteiger partial charge in [-0.2, -0.15) is 0 Å². The molecule has 1 atom stereocenters. The number of carboxylic acid groups (broad SMARTS) is 1. The van der Waals surface area contributed by atoms with Crippen molar-refractivity contribution in [2.75, 3.05) is 0 Å². The molecule has 0 aromatic heterocycles. The molecule has 0 bridgehead atoms. The number of rotatable bonds is 7. The van der Waals surface area contributed by atoms with Crippen LogP contribution in [0.15, 0.2) is 24.3 Å². The molecular weight excluding hydrogens is 242 g/mol. The lowest BCUT2D eigenvalue weighted by Crippen LogP contribution is -2.41. The maximum absolute atomic E-state index is 11.8. The van der Waals surface area contributed by atoms with E-state index in [-0.39, 0.29) is 12.3 Å². The summed E-state index contributed by atoms with van der Waals surface area (Å²) < 4.78 is 0. The molecule has 1 amide bonds. The van der Waals surface area contributed by atoms with Gasteiger partial charge in [-0.25, -0.2) is 4.79 Å². The summed E-state index contributed by atoms with van der Waals surface area (Å²) in [5.41, 5.74) is 1.99. The number of hydrogen-bond acceptors (Lipinski definition) is 2. The topological polar surface area (TPSA) is 66.4 Å². The van der Waals surface area contributed by atoms with E-state index >= 15 is 0 Å². The first-order valence-electron chi connectivity index (χ1n) is 6.60. The average molecular weight is 263 g/mol. The molecule has 0 radical (unpaired) electrons. The number of unbranched alkanes of at least 4 members (excludes halogenated alkanes) is 1. The smallest absolute Gasteiger partial charge is 0.326 e. The van der Waals surface area contributed by atoms with Gasteiger partial charge in [0, 0.05) is 0 Å². The first-order valence-corrected chi connectivity index (χ1v) is 6.60. The summed E-state index contributed by atoms with van der Waals surface area (Å²) in [6, 6.07) is 6.87. The zero-order valence-electron chi connectivity index (χ0n) is 11.5. The summed E-state index contributed by atoms with van der Waals surface area (Å²) in [5, 5.41) is 11.6. The van der Waals surface area contributed by atoms with Gasteiger partial charge in [0.15, 0.2) is 0 Å². The van der Waals surface area contributed by atoms with Crippen LogP contribution < -0.4 is 5.32 Å². The van der Waals surface area contributed by atoms with Crippen LogP contribution in [0.3, 0.4) is 0 Å². The molecular formula is C15H21NO3. The van der Waals surface area contributed by atoms with Crippen LogP contribution in [0.5, 0.6) is 0 Å². The second-order valence-electron chi connectivity index (χ2n) is 4.77. The number of carboxylic acids is 1. The number of amides is 1. The molecule has 1 rings (SSSR count). The molecule has 4 nitrogen and oxygen atoms in total. The molecule has 0 aliphatic rings. The normalized spacial score (nSPS) is 11.9. The molecule has 1 aromatic rings. The van der Waals surface area contributed by atoms with Gasteiger partial charge in [-0.3, -0.25) is 4.79 Å². The summed E-state index contributed by atoms with van der Waals surface area (Å²) in [6.07, 6.45) is 2.40. The number of benzene rings is 1. The van der Waals surface area contributed by atoms with E-state index in [2.05, 4.69) is 5.32 Å². The fourth-order valence-corrected chi connectivity index (χ4v) is 1.92. The lowest BCUT2D eigenvalue weighted by molar-refractivity contribution is -0.142. The SMILES string of the molecule is CCCCC(NC(=O)Cc1cccc(C)c1)C(=O)O. The molecule has 1 unspecified atom stereocenters. The highest BCUT2D eigenvalue weighted by Crippen LogP contribution is 2.06. The van der Waals surface area contributed by atoms with E-state index < -0.39 is 12.0 Å². The van der Waals surface area contributed by atoms with Crippen LogP contribution in [0, 0.1) is 6.92 Å². The Kier molecular flexibility index (Phi) is 6.06. The van der Waals surface area contributed by atoms with Crippen molar-refractivity contribution in [2.24, 2.45) is 0 Å². The van der Waals surface area contributed by atoms with Gasteiger partial charge in [0.2, 0.25) is 5.91 Å². The van der Waals surface area contributed by atoms with E-state index in [9.17, 15) is 9.59 Å². The van der Waals surface area contributed by atoms with Crippen LogP contribution in [-0.4, -0.2) is 23.0 Å². The standard InChI is InChI=1S/C15H21NO3/c1-3-4-8-13(15(18)19)16-14(17)10-12-7-5-6-11(2)9-12/h5-7,9,13H,3-4,8,10H2,1-2H3,(H,16,17)(H,18,19). The molecule has 0 aliphatic carbocycles. The van der Waals surface area contributed by atoms with E-state index in [4.69, 9.17) is 5.11 Å². The molecule has 1 aromatic carbocycles. The summed E-state index contributed by atoms with van der Waals surface area (Å²) in [4.78, 5) is 22.9. The van der Waals surface area contributed by atoms with Crippen molar-refractivity contribution in [3.8, 4) is 0 Å². The number of hydrogen-bond donors (Lipinski definition) is 2. The van der Waals surface area contributed by atoms with Gasteiger partial charge in [0.05, 0.1) is 6.42 Å². The van der Waals surface area contributed by atoms with Crippen molar-refractivity contribution in [1.29, 1.82) is 0 Å². The van der Waals surface area contributed by atoms with Gasteiger partial charge in [-0.05, 0) is 18.9 Å². The molecule has 0 fully saturated rings. The first kappa shape index (κ1) is 15.2. The molecule has 0 heterocycles. The van der Waals surface area contributed by atoms with Crippen molar-refractivity contribution in [3.63, 3.8) is 0 Å². The third-order valence-corrected chi connectivity index (χ3v) is 2.93. The van der Waals surface area contributed by atoms with E-state index in [1.807, 2.05) is 38.1 Å². The van der Waals surface area contributed by atoms with Crippen molar-refractivity contribution < 1.29 is 14.7 Å². The largest absolute Gasteiger partial charge is 0.480 e. The summed E-state index contributed by atoms with van der Waals surface area (Å²) in [7, 11) is 0. The van der Waals surface area contributed by atoms with Gasteiger partial charge in [0.1, 0.15) is 6.04 Å². The number of aryl methyl sites for hydroxylation is 1. The lowest BCUT2D eigenvalue weighted by Gasteiger charge is -2.14. The predicted octanol–water partition coefficient (Wildman–Crippen LogP) is 2.30. The van der Waals surface area contributed by atoms with Gasteiger partial charge >= 0.3 is 5.97 Å². The number of nitrogens with one attached hydrogen (secondary N) is 1. The zero-order chi connectivity index (χ0) is 14.3. The Morgan fingerprint density at radius 2 is 2.11 bits per heavy atom. The highest BCUT2D eigenvalue weighted by molar-refractivity contribution is 5.84. The second kappa shape index (κ2) is 7.56. The summed E-state index contributed by atoms with van der Waals surface area (Å²) >= 11 is 0. The maximum atomic E-state index is 11.8. The quantitative estimate of drug-likeness (QED) is 0.793. The first-order chi connectivity index (χ1) is 9.02. The molecule has 2 N–H and O–H groups in total. The van der Waals surface area contributed by atoms with E-state index in [0.717, 1.165) is 24.0 Å². The van der Waals surface area contributed by atoms with Crippen molar-refractivity contribution in [2.45, 2.75) is 45.6 Å². The lowest BCUT2D eigenvalue weighted by atomic mass is 10.1. The second-order valence-corrected chi connectivity index (χ2v) is 4.77. The Balaban J connectivity index is 2.55. The molecule has 0 spiro atoms. The zero-order valence-corrected chi connectivity index (χ0v) is 11.5. The third kappa shape index (κ3) is 5.55. The molecule has 4 heteroatoms. The molecule has 104 valence electrons. The number of aliphatic carboxylic acids is 1. The Hall–Kier alpha value is -1.84.